The van der Waals surface area contributed by atoms with E-state index in [0.717, 1.165) is 14.6 Å². The van der Waals surface area contributed by atoms with Crippen LogP contribution in [0.5, 0.6) is 0 Å². The van der Waals surface area contributed by atoms with Crippen molar-refractivity contribution in [3.05, 3.63) is 27.8 Å². The lowest BCUT2D eigenvalue weighted by atomic mass is 9.79. The Morgan fingerprint density at radius 3 is 2.95 bits per heavy atom. The van der Waals surface area contributed by atoms with E-state index in [1.165, 1.54) is 25.9 Å². The molecule has 116 valence electrons. The van der Waals surface area contributed by atoms with E-state index in [0.29, 0.717) is 17.7 Å². The Kier molecular flexibility index (Phi) is 3.71. The van der Waals surface area contributed by atoms with Crippen molar-refractivity contribution in [1.82, 2.24) is 15.2 Å². The van der Waals surface area contributed by atoms with Gasteiger partial charge < -0.3 is 5.32 Å². The second kappa shape index (κ2) is 5.58. The Hall–Kier alpha value is -0.980. The number of piperidine rings is 3. The first-order chi connectivity index (χ1) is 10.6. The van der Waals surface area contributed by atoms with E-state index in [1.807, 2.05) is 11.4 Å². The first kappa shape index (κ1) is 14.6. The quantitative estimate of drug-likeness (QED) is 0.870. The summed E-state index contributed by atoms with van der Waals surface area (Å²) in [4.78, 5) is 19.6. The van der Waals surface area contributed by atoms with Gasteiger partial charge in [-0.15, -0.1) is 11.3 Å². The lowest BCUT2D eigenvalue weighted by molar-refractivity contribution is 0.0216. The molecule has 0 aliphatic carbocycles. The molecule has 2 bridgehead atoms. The van der Waals surface area contributed by atoms with Gasteiger partial charge in [-0.25, -0.2) is 4.98 Å². The fourth-order valence-corrected chi connectivity index (χ4v) is 5.51. The molecular weight excluding hydrogens is 362 g/mol. The molecule has 6 heteroatoms. The molecule has 5 heterocycles. The smallest absolute Gasteiger partial charge is 0.271 e. The first-order valence-electron chi connectivity index (χ1n) is 7.72. The van der Waals surface area contributed by atoms with Gasteiger partial charge in [-0.05, 0) is 60.8 Å². The molecule has 0 saturated carbocycles. The van der Waals surface area contributed by atoms with Crippen molar-refractivity contribution in [3.63, 3.8) is 0 Å². The Balaban J connectivity index is 1.61. The Bertz CT molecular complexity index is 721. The zero-order valence-corrected chi connectivity index (χ0v) is 14.8. The predicted molar refractivity (Wildman–Crippen MR) is 92.3 cm³/mol. The Morgan fingerprint density at radius 1 is 1.45 bits per heavy atom. The molecule has 1 N–H and O–H groups in total. The van der Waals surface area contributed by atoms with Crippen LogP contribution in [0.25, 0.3) is 10.1 Å². The number of hydrogen-bond acceptors (Lipinski definition) is 4. The van der Waals surface area contributed by atoms with Crippen LogP contribution >= 0.6 is 27.3 Å². The minimum absolute atomic E-state index is 0.0365. The molecule has 2 aromatic rings. The topological polar surface area (TPSA) is 45.2 Å². The number of carbonyl (C=O) groups is 1. The lowest BCUT2D eigenvalue weighted by Gasteiger charge is -2.49. The van der Waals surface area contributed by atoms with Gasteiger partial charge in [0.1, 0.15) is 5.69 Å². The molecule has 0 radical (unpaired) electrons. The summed E-state index contributed by atoms with van der Waals surface area (Å²) in [6.45, 7) is 4.57. The maximum absolute atomic E-state index is 12.8. The summed E-state index contributed by atoms with van der Waals surface area (Å²) in [5, 5.41) is 6.34. The molecule has 2 atom stereocenters. The van der Waals surface area contributed by atoms with E-state index in [4.69, 9.17) is 0 Å². The highest BCUT2D eigenvalue weighted by molar-refractivity contribution is 9.10. The van der Waals surface area contributed by atoms with Gasteiger partial charge in [0.15, 0.2) is 0 Å². The van der Waals surface area contributed by atoms with Crippen LogP contribution in [-0.2, 0) is 0 Å². The van der Waals surface area contributed by atoms with Gasteiger partial charge in [0.05, 0.1) is 4.70 Å². The van der Waals surface area contributed by atoms with Crippen LogP contribution in [0.15, 0.2) is 22.1 Å². The number of amides is 1. The highest BCUT2D eigenvalue weighted by atomic mass is 79.9. The minimum atomic E-state index is -0.0365. The third-order valence-corrected chi connectivity index (χ3v) is 7.09. The lowest BCUT2D eigenvalue weighted by Crippen LogP contribution is -2.62. The number of rotatable bonds is 2. The monoisotopic (exact) mass is 379 g/mol. The van der Waals surface area contributed by atoms with E-state index < -0.39 is 0 Å². The molecule has 4 nitrogen and oxygen atoms in total. The first-order valence-corrected chi connectivity index (χ1v) is 9.39. The third-order valence-electron chi connectivity index (χ3n) is 5.13. The molecule has 3 saturated heterocycles. The molecule has 0 unspecified atom stereocenters. The normalized spacial score (nSPS) is 30.6. The number of halogens is 1. The van der Waals surface area contributed by atoms with Crippen LogP contribution in [0.1, 0.15) is 30.3 Å². The number of carbonyl (C=O) groups excluding carboxylic acids is 1. The van der Waals surface area contributed by atoms with Crippen LogP contribution in [0.4, 0.5) is 0 Å². The Morgan fingerprint density at radius 2 is 2.23 bits per heavy atom. The zero-order chi connectivity index (χ0) is 15.3. The number of nitrogens with zero attached hydrogens (tertiary/aromatic N) is 2. The van der Waals surface area contributed by atoms with Crippen molar-refractivity contribution < 1.29 is 4.79 Å². The van der Waals surface area contributed by atoms with Gasteiger partial charge in [0, 0.05) is 33.5 Å². The van der Waals surface area contributed by atoms with Crippen LogP contribution in [0.3, 0.4) is 0 Å². The van der Waals surface area contributed by atoms with E-state index in [-0.39, 0.29) is 11.9 Å². The van der Waals surface area contributed by atoms with E-state index in [9.17, 15) is 4.79 Å². The fourth-order valence-electron chi connectivity index (χ4n) is 3.86. The van der Waals surface area contributed by atoms with Gasteiger partial charge in [0.25, 0.3) is 5.91 Å². The molecule has 3 aliphatic heterocycles. The largest absolute Gasteiger partial charge is 0.346 e. The summed E-state index contributed by atoms with van der Waals surface area (Å²) in [6, 6.07) is 2.62. The number of aromatic nitrogens is 1. The summed E-state index contributed by atoms with van der Waals surface area (Å²) >= 11 is 5.10. The van der Waals surface area contributed by atoms with E-state index >= 15 is 0 Å². The van der Waals surface area contributed by atoms with Crippen molar-refractivity contribution >= 4 is 43.3 Å². The molecule has 22 heavy (non-hydrogen) atoms. The Labute approximate surface area is 142 Å². The van der Waals surface area contributed by atoms with Crippen LogP contribution < -0.4 is 5.32 Å². The number of thiophene rings is 1. The average Bonchev–Trinajstić information content (AvgIpc) is 2.93. The van der Waals surface area contributed by atoms with E-state index in [1.54, 1.807) is 17.5 Å². The summed E-state index contributed by atoms with van der Waals surface area (Å²) in [7, 11) is 0. The fraction of sp³-hybridized carbons (Fsp3) is 0.500. The van der Waals surface area contributed by atoms with Crippen LogP contribution in [-0.4, -0.2) is 41.0 Å². The number of hydrogen-bond donors (Lipinski definition) is 1. The van der Waals surface area contributed by atoms with Gasteiger partial charge in [0.2, 0.25) is 0 Å². The predicted octanol–water partition coefficient (Wildman–Crippen LogP) is 3.27. The van der Waals surface area contributed by atoms with Gasteiger partial charge in [-0.2, -0.15) is 0 Å². The maximum atomic E-state index is 12.8. The zero-order valence-electron chi connectivity index (χ0n) is 12.4. The summed E-state index contributed by atoms with van der Waals surface area (Å²) in [5.41, 5.74) is 0.553. The highest BCUT2D eigenvalue weighted by Gasteiger charge is 2.40. The van der Waals surface area contributed by atoms with Crippen molar-refractivity contribution in [3.8, 4) is 0 Å². The molecule has 0 spiro atoms. The van der Waals surface area contributed by atoms with Crippen molar-refractivity contribution in [2.24, 2.45) is 5.92 Å². The molecule has 3 fully saturated rings. The SMILES string of the molecule is C[C@H]1[C@H](NC(=O)c2nccc3c(Br)csc23)C2CCN1CC2. The summed E-state index contributed by atoms with van der Waals surface area (Å²) in [6.07, 6.45) is 4.10. The standard InChI is InChI=1S/C16H18BrN3OS/c1-9-13(10-3-6-20(9)7-4-10)19-16(21)14-15-11(2-5-18-14)12(17)8-22-15/h2,5,8-10,13H,3-4,6-7H2,1H3,(H,19,21)/t9-,13-/m0/s1. The van der Waals surface area contributed by atoms with Crippen LogP contribution in [0, 0.1) is 5.92 Å². The van der Waals surface area contributed by atoms with E-state index in [2.05, 4.69) is 38.1 Å². The third kappa shape index (κ3) is 2.28. The minimum Gasteiger partial charge on any atom is -0.346 e. The number of pyridine rings is 1. The van der Waals surface area contributed by atoms with Gasteiger partial charge >= 0.3 is 0 Å². The number of nitrogens with one attached hydrogen (secondary N) is 1. The van der Waals surface area contributed by atoms with Gasteiger partial charge in [-0.3, -0.25) is 9.69 Å². The second-order valence-electron chi connectivity index (χ2n) is 6.23. The molecule has 0 aromatic carbocycles. The van der Waals surface area contributed by atoms with Crippen molar-refractivity contribution in [2.75, 3.05) is 13.1 Å². The molecule has 1 amide bonds. The summed E-state index contributed by atoms with van der Waals surface area (Å²) in [5.74, 6) is 0.573. The van der Waals surface area contributed by atoms with Crippen molar-refractivity contribution in [2.45, 2.75) is 31.8 Å². The maximum Gasteiger partial charge on any atom is 0.271 e. The molecule has 2 aromatic heterocycles. The van der Waals surface area contributed by atoms with Crippen LogP contribution in [0.2, 0.25) is 0 Å². The highest BCUT2D eigenvalue weighted by Crippen LogP contribution is 2.34. The summed E-state index contributed by atoms with van der Waals surface area (Å²) < 4.78 is 1.99. The molecule has 5 rings (SSSR count). The number of fused-ring (bicyclic) bond motifs is 4. The van der Waals surface area contributed by atoms with Gasteiger partial charge in [-0.1, -0.05) is 0 Å². The average molecular weight is 380 g/mol. The second-order valence-corrected chi connectivity index (χ2v) is 7.97. The molecule has 3 aliphatic rings. The van der Waals surface area contributed by atoms with Crippen molar-refractivity contribution in [1.29, 1.82) is 0 Å². The molecular formula is C16H18BrN3OS.